The topological polar surface area (TPSA) is 87.9 Å². The molecule has 2 aromatic carbocycles. The van der Waals surface area contributed by atoms with Crippen LogP contribution in [0.5, 0.6) is 0 Å². The van der Waals surface area contributed by atoms with E-state index in [4.69, 9.17) is 11.0 Å². The number of benzene rings is 2. The van der Waals surface area contributed by atoms with E-state index in [0.717, 1.165) is 10.3 Å². The van der Waals surface area contributed by atoms with Crippen LogP contribution >= 0.6 is 0 Å². The molecule has 0 spiro atoms. The Bertz CT molecular complexity index is 814. The zero-order valence-electron chi connectivity index (χ0n) is 9.91. The summed E-state index contributed by atoms with van der Waals surface area (Å²) in [4.78, 5) is 4.35. The molecule has 3 rings (SSSR count). The van der Waals surface area contributed by atoms with Gasteiger partial charge in [0.1, 0.15) is 5.52 Å². The van der Waals surface area contributed by atoms with Gasteiger partial charge in [0.25, 0.3) is 0 Å². The standard InChI is InChI=1S/C14H10N4O/c15-8-9-4-5-12-13(6-9)18(19)14(17-12)10-2-1-3-11(16)7-10/h1-7,19H,16H2. The van der Waals surface area contributed by atoms with Crippen molar-refractivity contribution < 1.29 is 5.21 Å². The fraction of sp³-hybridized carbons (Fsp3) is 0. The molecule has 0 saturated heterocycles. The lowest BCUT2D eigenvalue weighted by Gasteiger charge is -2.01. The summed E-state index contributed by atoms with van der Waals surface area (Å²) >= 11 is 0. The van der Waals surface area contributed by atoms with E-state index in [1.54, 1.807) is 36.4 Å². The molecule has 1 aromatic heterocycles. The Morgan fingerprint density at radius 3 is 2.79 bits per heavy atom. The second-order valence-corrected chi connectivity index (χ2v) is 4.19. The summed E-state index contributed by atoms with van der Waals surface area (Å²) in [7, 11) is 0. The summed E-state index contributed by atoms with van der Waals surface area (Å²) in [5, 5.41) is 19.0. The van der Waals surface area contributed by atoms with Gasteiger partial charge in [0.15, 0.2) is 5.82 Å². The van der Waals surface area contributed by atoms with Gasteiger partial charge in [-0.3, -0.25) is 0 Å². The lowest BCUT2D eigenvalue weighted by atomic mass is 10.2. The summed E-state index contributed by atoms with van der Waals surface area (Å²) in [6.07, 6.45) is 0. The van der Waals surface area contributed by atoms with Gasteiger partial charge in [-0.2, -0.15) is 9.99 Å². The van der Waals surface area contributed by atoms with Crippen molar-refractivity contribution in [1.82, 2.24) is 9.71 Å². The van der Waals surface area contributed by atoms with E-state index in [1.165, 1.54) is 0 Å². The number of hydrogen-bond acceptors (Lipinski definition) is 4. The Morgan fingerprint density at radius 1 is 1.21 bits per heavy atom. The van der Waals surface area contributed by atoms with E-state index in [2.05, 4.69) is 4.98 Å². The van der Waals surface area contributed by atoms with Crippen LogP contribution in [-0.4, -0.2) is 14.9 Å². The predicted molar refractivity (Wildman–Crippen MR) is 71.5 cm³/mol. The molecule has 0 fully saturated rings. The zero-order chi connectivity index (χ0) is 13.4. The van der Waals surface area contributed by atoms with Crippen LogP contribution in [0.4, 0.5) is 5.69 Å². The molecular formula is C14H10N4O. The number of rotatable bonds is 1. The Balaban J connectivity index is 2.26. The third kappa shape index (κ3) is 1.76. The van der Waals surface area contributed by atoms with Gasteiger partial charge in [-0.05, 0) is 30.3 Å². The van der Waals surface area contributed by atoms with Crippen LogP contribution in [0.1, 0.15) is 5.56 Å². The van der Waals surface area contributed by atoms with Crippen LogP contribution in [0.3, 0.4) is 0 Å². The molecule has 3 N–H and O–H groups in total. The maximum Gasteiger partial charge on any atom is 0.176 e. The first-order chi connectivity index (χ1) is 9.19. The van der Waals surface area contributed by atoms with Gasteiger partial charge in [0.2, 0.25) is 0 Å². The second-order valence-electron chi connectivity index (χ2n) is 4.19. The third-order valence-corrected chi connectivity index (χ3v) is 2.90. The molecular weight excluding hydrogens is 240 g/mol. The minimum atomic E-state index is 0.400. The average Bonchev–Trinajstić information content (AvgIpc) is 2.76. The highest BCUT2D eigenvalue weighted by Gasteiger charge is 2.12. The highest BCUT2D eigenvalue weighted by atomic mass is 16.5. The molecule has 5 nitrogen and oxygen atoms in total. The third-order valence-electron chi connectivity index (χ3n) is 2.90. The van der Waals surface area contributed by atoms with Crippen molar-refractivity contribution in [2.24, 2.45) is 0 Å². The molecule has 19 heavy (non-hydrogen) atoms. The summed E-state index contributed by atoms with van der Waals surface area (Å²) in [6.45, 7) is 0. The largest absolute Gasteiger partial charge is 0.426 e. The van der Waals surface area contributed by atoms with Crippen molar-refractivity contribution in [3.63, 3.8) is 0 Å². The molecule has 3 aromatic rings. The minimum Gasteiger partial charge on any atom is -0.426 e. The zero-order valence-corrected chi connectivity index (χ0v) is 9.91. The van der Waals surface area contributed by atoms with Gasteiger partial charge in [-0.15, -0.1) is 0 Å². The highest BCUT2D eigenvalue weighted by Crippen LogP contribution is 2.25. The maximum atomic E-state index is 10.2. The van der Waals surface area contributed by atoms with E-state index in [0.29, 0.717) is 28.1 Å². The molecule has 0 atom stereocenters. The minimum absolute atomic E-state index is 0.400. The summed E-state index contributed by atoms with van der Waals surface area (Å²) < 4.78 is 0.977. The van der Waals surface area contributed by atoms with E-state index < -0.39 is 0 Å². The van der Waals surface area contributed by atoms with Crippen LogP contribution in [0, 0.1) is 11.3 Å². The quantitative estimate of drug-likeness (QED) is 0.512. The lowest BCUT2D eigenvalue weighted by molar-refractivity contribution is 0.203. The predicted octanol–water partition coefficient (Wildman–Crippen LogP) is 2.39. The number of hydrogen-bond donors (Lipinski definition) is 2. The summed E-state index contributed by atoms with van der Waals surface area (Å²) in [6, 6.07) is 14.1. The fourth-order valence-corrected chi connectivity index (χ4v) is 2.00. The summed E-state index contributed by atoms with van der Waals surface area (Å²) in [5.41, 5.74) is 8.64. The smallest absolute Gasteiger partial charge is 0.176 e. The summed E-state index contributed by atoms with van der Waals surface area (Å²) in [5.74, 6) is 0.400. The number of imidazole rings is 1. The molecule has 5 heteroatoms. The molecule has 0 aliphatic heterocycles. The molecule has 0 unspecified atom stereocenters. The Kier molecular flexibility index (Phi) is 2.36. The molecule has 0 amide bonds. The molecule has 0 bridgehead atoms. The van der Waals surface area contributed by atoms with Crippen molar-refractivity contribution in [1.29, 1.82) is 5.26 Å². The molecule has 0 aliphatic carbocycles. The molecule has 0 aliphatic rings. The number of nitrogens with two attached hydrogens (primary N) is 1. The van der Waals surface area contributed by atoms with Crippen molar-refractivity contribution >= 4 is 16.7 Å². The normalized spacial score (nSPS) is 10.5. The number of nitriles is 1. The first-order valence-corrected chi connectivity index (χ1v) is 5.67. The number of nitrogens with zero attached hydrogens (tertiary/aromatic N) is 3. The van der Waals surface area contributed by atoms with Gasteiger partial charge >= 0.3 is 0 Å². The van der Waals surface area contributed by atoms with Crippen LogP contribution in [0.25, 0.3) is 22.4 Å². The van der Waals surface area contributed by atoms with E-state index in [-0.39, 0.29) is 0 Å². The second kappa shape index (κ2) is 4.03. The lowest BCUT2D eigenvalue weighted by Crippen LogP contribution is -1.95. The van der Waals surface area contributed by atoms with Crippen LogP contribution in [-0.2, 0) is 0 Å². The molecule has 0 saturated carbocycles. The van der Waals surface area contributed by atoms with Crippen LogP contribution in [0.15, 0.2) is 42.5 Å². The van der Waals surface area contributed by atoms with Crippen LogP contribution < -0.4 is 5.73 Å². The first kappa shape index (κ1) is 11.1. The van der Waals surface area contributed by atoms with Crippen LogP contribution in [0.2, 0.25) is 0 Å². The van der Waals surface area contributed by atoms with E-state index >= 15 is 0 Å². The number of fused-ring (bicyclic) bond motifs is 1. The van der Waals surface area contributed by atoms with Crippen molar-refractivity contribution in [2.75, 3.05) is 5.73 Å². The first-order valence-electron chi connectivity index (χ1n) is 5.67. The van der Waals surface area contributed by atoms with Crippen molar-refractivity contribution in [3.05, 3.63) is 48.0 Å². The van der Waals surface area contributed by atoms with Crippen molar-refractivity contribution in [3.8, 4) is 17.5 Å². The molecule has 0 radical (unpaired) electrons. The monoisotopic (exact) mass is 250 g/mol. The van der Waals surface area contributed by atoms with Gasteiger partial charge in [-0.25, -0.2) is 4.98 Å². The van der Waals surface area contributed by atoms with Gasteiger partial charge < -0.3 is 10.9 Å². The molecule has 92 valence electrons. The van der Waals surface area contributed by atoms with Gasteiger partial charge in [0.05, 0.1) is 17.1 Å². The highest BCUT2D eigenvalue weighted by molar-refractivity contribution is 5.81. The SMILES string of the molecule is N#Cc1ccc2nc(-c3cccc(N)c3)n(O)c2c1. The maximum absolute atomic E-state index is 10.2. The number of anilines is 1. The Morgan fingerprint density at radius 2 is 2.05 bits per heavy atom. The number of nitrogen functional groups attached to an aromatic ring is 1. The van der Waals surface area contributed by atoms with Gasteiger partial charge in [-0.1, -0.05) is 12.1 Å². The Hall–Kier alpha value is -3.00. The number of aromatic nitrogens is 2. The molecule has 1 heterocycles. The van der Waals surface area contributed by atoms with E-state index in [1.807, 2.05) is 12.1 Å². The van der Waals surface area contributed by atoms with Gasteiger partial charge in [0, 0.05) is 11.3 Å². The fourth-order valence-electron chi connectivity index (χ4n) is 2.00. The van der Waals surface area contributed by atoms with Crippen molar-refractivity contribution in [2.45, 2.75) is 0 Å². The average molecular weight is 250 g/mol. The Labute approximate surface area is 109 Å². The van der Waals surface area contributed by atoms with E-state index in [9.17, 15) is 5.21 Å².